The van der Waals surface area contributed by atoms with Crippen LogP contribution in [-0.4, -0.2) is 33.3 Å². The van der Waals surface area contributed by atoms with E-state index in [4.69, 9.17) is 11.6 Å². The lowest BCUT2D eigenvalue weighted by molar-refractivity contribution is -0.117. The highest BCUT2D eigenvalue weighted by Gasteiger charge is 2.12. The molecule has 0 aliphatic rings. The quantitative estimate of drug-likeness (QED) is 0.854. The van der Waals surface area contributed by atoms with Gasteiger partial charge in [-0.3, -0.25) is 9.48 Å². The van der Waals surface area contributed by atoms with Crippen LogP contribution in [0.3, 0.4) is 0 Å². The summed E-state index contributed by atoms with van der Waals surface area (Å²) in [4.78, 5) is 16.0. The topological polar surface area (TPSA) is 71.8 Å². The first-order chi connectivity index (χ1) is 10.0. The van der Waals surface area contributed by atoms with Gasteiger partial charge in [0.15, 0.2) is 0 Å². The summed E-state index contributed by atoms with van der Waals surface area (Å²) in [5.41, 5.74) is 1.12. The van der Waals surface area contributed by atoms with E-state index in [2.05, 4.69) is 20.7 Å². The van der Waals surface area contributed by atoms with Crippen LogP contribution in [0, 0.1) is 6.92 Å². The maximum absolute atomic E-state index is 12.0. The van der Waals surface area contributed by atoms with Crippen LogP contribution in [0.25, 0.3) is 0 Å². The number of carbonyl (C=O) groups excluding carboxylic acids is 1. The highest BCUT2D eigenvalue weighted by Crippen LogP contribution is 2.09. The number of hydrogen-bond acceptors (Lipinski definition) is 4. The molecule has 0 bridgehead atoms. The molecule has 2 N–H and O–H groups in total. The first-order valence-electron chi connectivity index (χ1n) is 6.69. The molecule has 0 fully saturated rings. The van der Waals surface area contributed by atoms with Crippen LogP contribution in [-0.2, 0) is 11.3 Å². The van der Waals surface area contributed by atoms with Crippen LogP contribution in [0.5, 0.6) is 0 Å². The van der Waals surface area contributed by atoms with E-state index in [9.17, 15) is 4.79 Å². The lowest BCUT2D eigenvalue weighted by atomic mass is 10.3. The predicted octanol–water partition coefficient (Wildman–Crippen LogP) is 1.86. The number of amides is 1. The van der Waals surface area contributed by atoms with Crippen molar-refractivity contribution < 1.29 is 4.79 Å². The Labute approximate surface area is 128 Å². The predicted molar refractivity (Wildman–Crippen MR) is 82.3 cm³/mol. The molecule has 2 rings (SSSR count). The molecule has 2 aromatic rings. The number of pyridine rings is 1. The third-order valence-electron chi connectivity index (χ3n) is 2.93. The second-order valence-electron chi connectivity index (χ2n) is 4.81. The Kier molecular flexibility index (Phi) is 5.30. The van der Waals surface area contributed by atoms with Gasteiger partial charge in [-0.05, 0) is 31.5 Å². The van der Waals surface area contributed by atoms with Gasteiger partial charge in [0.2, 0.25) is 5.91 Å². The van der Waals surface area contributed by atoms with E-state index in [-0.39, 0.29) is 11.9 Å². The van der Waals surface area contributed by atoms with E-state index in [0.29, 0.717) is 23.9 Å². The highest BCUT2D eigenvalue weighted by molar-refractivity contribution is 6.30. The number of carbonyl (C=O) groups is 1. The van der Waals surface area contributed by atoms with E-state index >= 15 is 0 Å². The van der Waals surface area contributed by atoms with E-state index in [1.807, 2.05) is 24.0 Å². The number of nitrogens with zero attached hydrogens (tertiary/aromatic N) is 3. The van der Waals surface area contributed by atoms with Crippen molar-refractivity contribution in [2.45, 2.75) is 26.4 Å². The molecule has 6 nitrogen and oxygen atoms in total. The van der Waals surface area contributed by atoms with Crippen LogP contribution in [0.1, 0.15) is 12.5 Å². The molecule has 0 aliphatic heterocycles. The van der Waals surface area contributed by atoms with Crippen LogP contribution in [0.15, 0.2) is 30.7 Å². The van der Waals surface area contributed by atoms with Gasteiger partial charge in [0, 0.05) is 18.9 Å². The standard InChI is InChI=1S/C14H18ClN5O/c1-10-7-18-20(9-10)6-5-16-11(2)14(21)19-13-4-3-12(15)8-17-13/h3-4,7-9,11,16H,5-6H2,1-2H3,(H,17,19,21)/t11-/m1/s1. The molecule has 2 heterocycles. The summed E-state index contributed by atoms with van der Waals surface area (Å²) < 4.78 is 1.84. The van der Waals surface area contributed by atoms with E-state index in [0.717, 1.165) is 5.56 Å². The number of hydrogen-bond donors (Lipinski definition) is 2. The van der Waals surface area contributed by atoms with Gasteiger partial charge in [-0.2, -0.15) is 5.10 Å². The smallest absolute Gasteiger partial charge is 0.242 e. The summed E-state index contributed by atoms with van der Waals surface area (Å²) in [5, 5.41) is 10.6. The third-order valence-corrected chi connectivity index (χ3v) is 3.15. The van der Waals surface area contributed by atoms with E-state index in [1.165, 1.54) is 6.20 Å². The lowest BCUT2D eigenvalue weighted by Crippen LogP contribution is -2.39. The molecule has 2 aromatic heterocycles. The monoisotopic (exact) mass is 307 g/mol. The summed E-state index contributed by atoms with van der Waals surface area (Å²) in [6, 6.07) is 3.03. The van der Waals surface area contributed by atoms with Gasteiger partial charge < -0.3 is 10.6 Å². The SMILES string of the molecule is Cc1cnn(CCN[C@H](C)C(=O)Nc2ccc(Cl)cn2)c1. The third kappa shape index (κ3) is 4.84. The molecule has 0 aromatic carbocycles. The summed E-state index contributed by atoms with van der Waals surface area (Å²) >= 11 is 5.74. The number of anilines is 1. The van der Waals surface area contributed by atoms with Crippen molar-refractivity contribution in [1.29, 1.82) is 0 Å². The van der Waals surface area contributed by atoms with Crippen molar-refractivity contribution in [2.75, 3.05) is 11.9 Å². The first kappa shape index (κ1) is 15.5. The fraction of sp³-hybridized carbons (Fsp3) is 0.357. The lowest BCUT2D eigenvalue weighted by Gasteiger charge is -2.13. The minimum absolute atomic E-state index is 0.138. The summed E-state index contributed by atoms with van der Waals surface area (Å²) in [7, 11) is 0. The Balaban J connectivity index is 1.75. The summed E-state index contributed by atoms with van der Waals surface area (Å²) in [5.74, 6) is 0.349. The van der Waals surface area contributed by atoms with Crippen molar-refractivity contribution in [3.63, 3.8) is 0 Å². The fourth-order valence-corrected chi connectivity index (χ4v) is 1.87. The molecular formula is C14H18ClN5O. The zero-order valence-corrected chi connectivity index (χ0v) is 12.8. The van der Waals surface area contributed by atoms with Crippen molar-refractivity contribution in [2.24, 2.45) is 0 Å². The molecule has 112 valence electrons. The van der Waals surface area contributed by atoms with Crippen molar-refractivity contribution in [3.05, 3.63) is 41.3 Å². The van der Waals surface area contributed by atoms with Crippen molar-refractivity contribution in [1.82, 2.24) is 20.1 Å². The van der Waals surface area contributed by atoms with Gasteiger partial charge in [-0.15, -0.1) is 0 Å². The normalized spacial score (nSPS) is 12.1. The zero-order chi connectivity index (χ0) is 15.2. The Morgan fingerprint density at radius 2 is 2.24 bits per heavy atom. The molecule has 0 radical (unpaired) electrons. The second kappa shape index (κ2) is 7.19. The average Bonchev–Trinajstić information content (AvgIpc) is 2.87. The maximum Gasteiger partial charge on any atom is 0.242 e. The number of aryl methyl sites for hydroxylation is 1. The van der Waals surface area contributed by atoms with Crippen LogP contribution >= 0.6 is 11.6 Å². The Bertz CT molecular complexity index is 596. The van der Waals surface area contributed by atoms with Gasteiger partial charge in [0.25, 0.3) is 0 Å². The van der Waals surface area contributed by atoms with Gasteiger partial charge >= 0.3 is 0 Å². The van der Waals surface area contributed by atoms with Crippen LogP contribution in [0.4, 0.5) is 5.82 Å². The van der Waals surface area contributed by atoms with Crippen LogP contribution < -0.4 is 10.6 Å². The Hall–Kier alpha value is -1.92. The molecule has 1 atom stereocenters. The molecule has 0 unspecified atom stereocenters. The summed E-state index contributed by atoms with van der Waals surface area (Å²) in [6.45, 7) is 5.17. The van der Waals surface area contributed by atoms with Crippen molar-refractivity contribution >= 4 is 23.3 Å². The number of nitrogens with one attached hydrogen (secondary N) is 2. The van der Waals surface area contributed by atoms with E-state index in [1.54, 1.807) is 19.1 Å². The zero-order valence-electron chi connectivity index (χ0n) is 12.0. The van der Waals surface area contributed by atoms with Gasteiger partial charge in [-0.1, -0.05) is 11.6 Å². The number of halogens is 1. The minimum Gasteiger partial charge on any atom is -0.309 e. The Morgan fingerprint density at radius 1 is 1.43 bits per heavy atom. The molecule has 21 heavy (non-hydrogen) atoms. The molecular weight excluding hydrogens is 290 g/mol. The molecule has 0 saturated carbocycles. The largest absolute Gasteiger partial charge is 0.309 e. The number of aromatic nitrogens is 3. The molecule has 7 heteroatoms. The summed E-state index contributed by atoms with van der Waals surface area (Å²) in [6.07, 6.45) is 5.27. The van der Waals surface area contributed by atoms with Crippen LogP contribution in [0.2, 0.25) is 5.02 Å². The first-order valence-corrected chi connectivity index (χ1v) is 7.07. The molecule has 1 amide bonds. The second-order valence-corrected chi connectivity index (χ2v) is 5.24. The molecule has 0 aliphatic carbocycles. The fourth-order valence-electron chi connectivity index (χ4n) is 1.76. The van der Waals surface area contributed by atoms with Gasteiger partial charge in [-0.25, -0.2) is 4.98 Å². The minimum atomic E-state index is -0.320. The molecule has 0 spiro atoms. The molecule has 0 saturated heterocycles. The number of rotatable bonds is 6. The van der Waals surface area contributed by atoms with Gasteiger partial charge in [0.1, 0.15) is 5.82 Å². The van der Waals surface area contributed by atoms with Crippen molar-refractivity contribution in [3.8, 4) is 0 Å². The maximum atomic E-state index is 12.0. The van der Waals surface area contributed by atoms with Gasteiger partial charge in [0.05, 0.1) is 23.8 Å². The Morgan fingerprint density at radius 3 is 2.86 bits per heavy atom. The highest BCUT2D eigenvalue weighted by atomic mass is 35.5. The average molecular weight is 308 g/mol. The van der Waals surface area contributed by atoms with E-state index < -0.39 is 0 Å².